The summed E-state index contributed by atoms with van der Waals surface area (Å²) in [7, 11) is 5.88. The fourth-order valence-electron chi connectivity index (χ4n) is 1.74. The molecule has 1 fully saturated rings. The summed E-state index contributed by atoms with van der Waals surface area (Å²) in [6.07, 6.45) is 3.46. The molecule has 1 saturated heterocycles. The van der Waals surface area contributed by atoms with E-state index < -0.39 is 0 Å². The first-order chi connectivity index (χ1) is 6.90. The Morgan fingerprint density at radius 2 is 1.93 bits per heavy atom. The smallest absolute Gasteiger partial charge is 0.284 e. The van der Waals surface area contributed by atoms with Gasteiger partial charge in [0.2, 0.25) is 5.91 Å². The van der Waals surface area contributed by atoms with Crippen LogP contribution in [-0.2, 0) is 9.59 Å². The van der Waals surface area contributed by atoms with Gasteiger partial charge in [-0.3, -0.25) is 14.5 Å². The van der Waals surface area contributed by atoms with Gasteiger partial charge in [-0.05, 0) is 12.8 Å². The number of carbonyl (C=O) groups excluding carboxylic acids is 2. The Bertz CT molecular complexity index is 256. The SMILES string of the molecule is C[N+](C)(C)CC(=O)N1CCCCCC1=O. The molecule has 0 aliphatic carbocycles. The van der Waals surface area contributed by atoms with Gasteiger partial charge >= 0.3 is 0 Å². The van der Waals surface area contributed by atoms with Crippen LogP contribution in [0.2, 0.25) is 0 Å². The number of carbonyl (C=O) groups is 2. The standard InChI is InChI=1S/C11H21N2O2/c1-13(2,3)9-11(15)12-8-6-4-5-7-10(12)14/h4-9H2,1-3H3/q+1. The minimum absolute atomic E-state index is 0.00551. The third kappa shape index (κ3) is 4.00. The van der Waals surface area contributed by atoms with E-state index in [2.05, 4.69) is 0 Å². The number of nitrogens with zero attached hydrogens (tertiary/aromatic N) is 2. The molecule has 0 saturated carbocycles. The largest absolute Gasteiger partial charge is 0.323 e. The van der Waals surface area contributed by atoms with Crippen molar-refractivity contribution in [1.82, 2.24) is 4.90 Å². The summed E-state index contributed by atoms with van der Waals surface area (Å²) < 4.78 is 0.572. The van der Waals surface area contributed by atoms with Crippen molar-refractivity contribution >= 4 is 11.8 Å². The quantitative estimate of drug-likeness (QED) is 0.631. The highest BCUT2D eigenvalue weighted by atomic mass is 16.2. The number of hydrogen-bond acceptors (Lipinski definition) is 2. The maximum Gasteiger partial charge on any atom is 0.284 e. The molecular weight excluding hydrogens is 192 g/mol. The Morgan fingerprint density at radius 3 is 2.53 bits per heavy atom. The summed E-state index contributed by atoms with van der Waals surface area (Å²) in [5.41, 5.74) is 0. The lowest BCUT2D eigenvalue weighted by Crippen LogP contribution is -2.47. The summed E-state index contributed by atoms with van der Waals surface area (Å²) in [6.45, 7) is 1.00. The maximum atomic E-state index is 11.9. The van der Waals surface area contributed by atoms with Crippen molar-refractivity contribution in [3.63, 3.8) is 0 Å². The van der Waals surface area contributed by atoms with Gasteiger partial charge < -0.3 is 4.48 Å². The van der Waals surface area contributed by atoms with E-state index in [1.165, 1.54) is 4.90 Å². The molecule has 0 spiro atoms. The average molecular weight is 213 g/mol. The Morgan fingerprint density at radius 1 is 1.27 bits per heavy atom. The number of imide groups is 1. The second-order valence-corrected chi connectivity index (χ2v) is 5.20. The molecule has 2 amide bonds. The number of rotatable bonds is 2. The van der Waals surface area contributed by atoms with E-state index in [1.54, 1.807) is 0 Å². The van der Waals surface area contributed by atoms with Gasteiger partial charge in [-0.15, -0.1) is 0 Å². The van der Waals surface area contributed by atoms with Crippen molar-refractivity contribution in [2.75, 3.05) is 34.2 Å². The molecule has 1 aliphatic heterocycles. The Balaban J connectivity index is 2.60. The summed E-state index contributed by atoms with van der Waals surface area (Å²) in [5, 5.41) is 0. The summed E-state index contributed by atoms with van der Waals surface area (Å²) in [6, 6.07) is 0. The monoisotopic (exact) mass is 213 g/mol. The van der Waals surface area contributed by atoms with Crippen LogP contribution < -0.4 is 0 Å². The lowest BCUT2D eigenvalue weighted by Gasteiger charge is -2.26. The molecule has 4 heteroatoms. The number of likely N-dealkylation sites (tertiary alicyclic amines) is 1. The van der Waals surface area contributed by atoms with Crippen LogP contribution in [0.5, 0.6) is 0 Å². The molecule has 0 atom stereocenters. The topological polar surface area (TPSA) is 37.4 Å². The predicted molar refractivity (Wildman–Crippen MR) is 58.1 cm³/mol. The Labute approximate surface area is 91.4 Å². The van der Waals surface area contributed by atoms with Crippen molar-refractivity contribution in [2.45, 2.75) is 25.7 Å². The van der Waals surface area contributed by atoms with Gasteiger partial charge in [0.15, 0.2) is 6.54 Å². The van der Waals surface area contributed by atoms with Crippen LogP contribution in [0.25, 0.3) is 0 Å². The first-order valence-corrected chi connectivity index (χ1v) is 5.54. The van der Waals surface area contributed by atoms with Gasteiger partial charge in [-0.1, -0.05) is 6.42 Å². The zero-order valence-corrected chi connectivity index (χ0v) is 9.95. The molecule has 1 heterocycles. The zero-order valence-electron chi connectivity index (χ0n) is 9.95. The zero-order chi connectivity index (χ0) is 11.5. The molecule has 0 aromatic rings. The van der Waals surface area contributed by atoms with E-state index >= 15 is 0 Å². The highest BCUT2D eigenvalue weighted by Gasteiger charge is 2.26. The fraction of sp³-hybridized carbons (Fsp3) is 0.818. The number of hydrogen-bond donors (Lipinski definition) is 0. The number of amides is 2. The van der Waals surface area contributed by atoms with Crippen LogP contribution in [0.1, 0.15) is 25.7 Å². The van der Waals surface area contributed by atoms with Crippen LogP contribution in [-0.4, -0.2) is 55.4 Å². The molecule has 1 aliphatic rings. The van der Waals surface area contributed by atoms with Gasteiger partial charge in [-0.2, -0.15) is 0 Å². The summed E-state index contributed by atoms with van der Waals surface area (Å²) in [4.78, 5) is 24.9. The normalized spacial score (nSPS) is 18.9. The number of quaternary nitrogens is 1. The molecular formula is C11H21N2O2+. The molecule has 1 rings (SSSR count). The third-order valence-corrected chi connectivity index (χ3v) is 2.48. The Kier molecular flexibility index (Phi) is 3.85. The first-order valence-electron chi connectivity index (χ1n) is 5.54. The van der Waals surface area contributed by atoms with Crippen molar-refractivity contribution < 1.29 is 14.1 Å². The molecule has 86 valence electrons. The van der Waals surface area contributed by atoms with Crippen LogP contribution in [0, 0.1) is 0 Å². The average Bonchev–Trinajstić information content (AvgIpc) is 2.26. The lowest BCUT2D eigenvalue weighted by atomic mass is 10.2. The first kappa shape index (κ1) is 12.2. The van der Waals surface area contributed by atoms with Gasteiger partial charge in [0.05, 0.1) is 21.1 Å². The van der Waals surface area contributed by atoms with Crippen molar-refractivity contribution in [1.29, 1.82) is 0 Å². The van der Waals surface area contributed by atoms with Crippen molar-refractivity contribution in [2.24, 2.45) is 0 Å². The van der Waals surface area contributed by atoms with Crippen molar-refractivity contribution in [3.05, 3.63) is 0 Å². The van der Waals surface area contributed by atoms with E-state index in [0.29, 0.717) is 24.0 Å². The van der Waals surface area contributed by atoms with E-state index in [9.17, 15) is 9.59 Å². The highest BCUT2D eigenvalue weighted by Crippen LogP contribution is 2.11. The Hall–Kier alpha value is -0.900. The highest BCUT2D eigenvalue weighted by molar-refractivity contribution is 5.95. The summed E-state index contributed by atoms with van der Waals surface area (Å²) >= 11 is 0. The molecule has 4 nitrogen and oxygen atoms in total. The van der Waals surface area contributed by atoms with Crippen LogP contribution in [0.15, 0.2) is 0 Å². The molecule has 0 aromatic heterocycles. The van der Waals surface area contributed by atoms with Crippen LogP contribution >= 0.6 is 0 Å². The maximum absolute atomic E-state index is 11.9. The van der Waals surface area contributed by atoms with E-state index in [-0.39, 0.29) is 11.8 Å². The minimum Gasteiger partial charge on any atom is -0.323 e. The van der Waals surface area contributed by atoms with E-state index in [0.717, 1.165) is 19.3 Å². The molecule has 0 unspecified atom stereocenters. The fourth-order valence-corrected chi connectivity index (χ4v) is 1.74. The van der Waals surface area contributed by atoms with Crippen LogP contribution in [0.3, 0.4) is 0 Å². The minimum atomic E-state index is -0.0330. The molecule has 0 radical (unpaired) electrons. The number of likely N-dealkylation sites (N-methyl/N-ethyl adjacent to an activating group) is 1. The van der Waals surface area contributed by atoms with Crippen molar-refractivity contribution in [3.8, 4) is 0 Å². The van der Waals surface area contributed by atoms with Crippen LogP contribution in [0.4, 0.5) is 0 Å². The molecule has 0 bridgehead atoms. The lowest BCUT2D eigenvalue weighted by molar-refractivity contribution is -0.862. The van der Waals surface area contributed by atoms with Gasteiger partial charge in [0.1, 0.15) is 0 Å². The van der Waals surface area contributed by atoms with Gasteiger partial charge in [0.25, 0.3) is 5.91 Å². The van der Waals surface area contributed by atoms with E-state index in [4.69, 9.17) is 0 Å². The molecule has 15 heavy (non-hydrogen) atoms. The second kappa shape index (κ2) is 4.75. The second-order valence-electron chi connectivity index (χ2n) is 5.20. The van der Waals surface area contributed by atoms with Gasteiger partial charge in [-0.25, -0.2) is 0 Å². The predicted octanol–water partition coefficient (Wildman–Crippen LogP) is 0.622. The summed E-state index contributed by atoms with van der Waals surface area (Å²) in [5.74, 6) is -0.0275. The molecule has 0 aromatic carbocycles. The third-order valence-electron chi connectivity index (χ3n) is 2.48. The molecule has 0 N–H and O–H groups in total. The van der Waals surface area contributed by atoms with E-state index in [1.807, 2.05) is 21.1 Å². The van der Waals surface area contributed by atoms with Gasteiger partial charge in [0, 0.05) is 13.0 Å².